The van der Waals surface area contributed by atoms with Crippen LogP contribution in [0.25, 0.3) is 0 Å². The van der Waals surface area contributed by atoms with Gasteiger partial charge in [-0.25, -0.2) is 4.39 Å². The Kier molecular flexibility index (Phi) is 4.03. The molecule has 108 valence electrons. The lowest BCUT2D eigenvalue weighted by Crippen LogP contribution is -2.19. The number of hydrogen-bond donors (Lipinski definition) is 1. The van der Waals surface area contributed by atoms with Crippen LogP contribution in [0.5, 0.6) is 0 Å². The van der Waals surface area contributed by atoms with Gasteiger partial charge in [-0.3, -0.25) is 0 Å². The Labute approximate surface area is 112 Å². The molecular formula is C12H12F4N4. The van der Waals surface area contributed by atoms with Crippen LogP contribution in [0.2, 0.25) is 0 Å². The highest BCUT2D eigenvalue weighted by atomic mass is 19.4. The lowest BCUT2D eigenvalue weighted by atomic mass is 10.1. The van der Waals surface area contributed by atoms with Crippen LogP contribution in [0, 0.1) is 5.82 Å². The molecule has 1 aromatic carbocycles. The van der Waals surface area contributed by atoms with Gasteiger partial charge in [0.25, 0.3) is 0 Å². The van der Waals surface area contributed by atoms with Gasteiger partial charge in [0, 0.05) is 13.6 Å². The lowest BCUT2D eigenvalue weighted by molar-refractivity contribution is -0.138. The molecule has 0 saturated heterocycles. The highest BCUT2D eigenvalue weighted by Gasteiger charge is 2.33. The summed E-state index contributed by atoms with van der Waals surface area (Å²) in [6.45, 7) is 0.229. The van der Waals surface area contributed by atoms with Crippen molar-refractivity contribution >= 4 is 0 Å². The molecule has 1 N–H and O–H groups in total. The predicted octanol–water partition coefficient (Wildman–Crippen LogP) is 2.26. The molecule has 0 saturated carbocycles. The Bertz CT molecular complexity index is 591. The highest BCUT2D eigenvalue weighted by Crippen LogP contribution is 2.32. The molecular weight excluding hydrogens is 276 g/mol. The van der Waals surface area contributed by atoms with Crippen LogP contribution in [-0.4, -0.2) is 14.8 Å². The molecule has 4 nitrogen and oxygen atoms in total. The minimum absolute atomic E-state index is 0.0129. The van der Waals surface area contributed by atoms with Crippen LogP contribution in [0.3, 0.4) is 0 Å². The van der Waals surface area contributed by atoms with Crippen molar-refractivity contribution in [1.82, 2.24) is 20.1 Å². The average Bonchev–Trinajstić information content (AvgIpc) is 2.76. The number of rotatable bonds is 4. The maximum Gasteiger partial charge on any atom is 0.416 e. The van der Waals surface area contributed by atoms with Gasteiger partial charge in [-0.05, 0) is 17.7 Å². The standard InChI is InChI=1S/C12H12F4N4/c1-20-7-18-19-11(20)6-17-5-8-2-3-9(13)4-10(8)12(14,15)16/h2-4,7,17H,5-6H2,1H3. The highest BCUT2D eigenvalue weighted by molar-refractivity contribution is 5.30. The van der Waals surface area contributed by atoms with Crippen LogP contribution < -0.4 is 5.32 Å². The third kappa shape index (κ3) is 3.32. The molecule has 1 aromatic heterocycles. The first-order chi connectivity index (χ1) is 9.38. The fourth-order valence-corrected chi connectivity index (χ4v) is 1.74. The van der Waals surface area contributed by atoms with Crippen LogP contribution >= 0.6 is 0 Å². The molecule has 0 spiro atoms. The van der Waals surface area contributed by atoms with Crippen molar-refractivity contribution in [3.63, 3.8) is 0 Å². The number of alkyl halides is 3. The molecule has 2 aromatic rings. The van der Waals surface area contributed by atoms with Gasteiger partial charge in [0.1, 0.15) is 18.0 Å². The minimum Gasteiger partial charge on any atom is -0.320 e. The van der Waals surface area contributed by atoms with E-state index in [0.717, 1.165) is 12.1 Å². The minimum atomic E-state index is -4.58. The zero-order valence-corrected chi connectivity index (χ0v) is 10.6. The van der Waals surface area contributed by atoms with Gasteiger partial charge in [0.05, 0.1) is 12.1 Å². The number of nitrogens with one attached hydrogen (secondary N) is 1. The van der Waals surface area contributed by atoms with Crippen molar-refractivity contribution in [2.75, 3.05) is 0 Å². The first-order valence-electron chi connectivity index (χ1n) is 5.77. The second-order valence-electron chi connectivity index (χ2n) is 4.26. The maximum atomic E-state index is 12.9. The Balaban J connectivity index is 2.08. The molecule has 0 fully saturated rings. The Hall–Kier alpha value is -1.96. The van der Waals surface area contributed by atoms with Gasteiger partial charge in [-0.1, -0.05) is 6.07 Å². The smallest absolute Gasteiger partial charge is 0.320 e. The van der Waals surface area contributed by atoms with E-state index in [9.17, 15) is 17.6 Å². The second kappa shape index (κ2) is 5.58. The van der Waals surface area contributed by atoms with Crippen molar-refractivity contribution in [3.05, 3.63) is 47.3 Å². The number of nitrogens with zero attached hydrogens (tertiary/aromatic N) is 3. The first kappa shape index (κ1) is 14.4. The van der Waals surface area contributed by atoms with Crippen LogP contribution in [-0.2, 0) is 26.3 Å². The van der Waals surface area contributed by atoms with E-state index < -0.39 is 17.6 Å². The number of aryl methyl sites for hydroxylation is 1. The van der Waals surface area contributed by atoms with E-state index in [1.54, 1.807) is 11.6 Å². The zero-order valence-electron chi connectivity index (χ0n) is 10.6. The van der Waals surface area contributed by atoms with E-state index in [0.29, 0.717) is 11.9 Å². The van der Waals surface area contributed by atoms with Gasteiger partial charge < -0.3 is 9.88 Å². The van der Waals surface area contributed by atoms with Gasteiger partial charge in [-0.15, -0.1) is 10.2 Å². The summed E-state index contributed by atoms with van der Waals surface area (Å²) in [7, 11) is 1.73. The summed E-state index contributed by atoms with van der Waals surface area (Å²) >= 11 is 0. The topological polar surface area (TPSA) is 42.7 Å². The van der Waals surface area contributed by atoms with E-state index in [1.807, 2.05) is 0 Å². The van der Waals surface area contributed by atoms with Gasteiger partial charge >= 0.3 is 6.18 Å². The molecule has 0 aliphatic carbocycles. The van der Waals surface area contributed by atoms with Gasteiger partial charge in [-0.2, -0.15) is 13.2 Å². The largest absolute Gasteiger partial charge is 0.416 e. The molecule has 1 heterocycles. The van der Waals surface area contributed by atoms with Gasteiger partial charge in [0.2, 0.25) is 0 Å². The Morgan fingerprint density at radius 2 is 2.00 bits per heavy atom. The van der Waals surface area contributed by atoms with Crippen molar-refractivity contribution in [2.24, 2.45) is 7.05 Å². The van der Waals surface area contributed by atoms with E-state index in [4.69, 9.17) is 0 Å². The molecule has 0 aliphatic heterocycles. The number of aromatic nitrogens is 3. The summed E-state index contributed by atoms with van der Waals surface area (Å²) in [5, 5.41) is 10.3. The van der Waals surface area contributed by atoms with E-state index in [1.165, 1.54) is 6.33 Å². The molecule has 20 heavy (non-hydrogen) atoms. The van der Waals surface area contributed by atoms with Crippen LogP contribution in [0.1, 0.15) is 17.0 Å². The zero-order chi connectivity index (χ0) is 14.8. The number of hydrogen-bond acceptors (Lipinski definition) is 3. The average molecular weight is 288 g/mol. The van der Waals surface area contributed by atoms with Crippen molar-refractivity contribution in [3.8, 4) is 0 Å². The SMILES string of the molecule is Cn1cnnc1CNCc1ccc(F)cc1C(F)(F)F. The Morgan fingerprint density at radius 1 is 1.25 bits per heavy atom. The van der Waals surface area contributed by atoms with Crippen LogP contribution in [0.4, 0.5) is 17.6 Å². The summed E-state index contributed by atoms with van der Waals surface area (Å²) in [6, 6.07) is 2.63. The molecule has 0 bridgehead atoms. The van der Waals surface area contributed by atoms with Crippen molar-refractivity contribution in [1.29, 1.82) is 0 Å². The second-order valence-corrected chi connectivity index (χ2v) is 4.26. The predicted molar refractivity (Wildman–Crippen MR) is 62.9 cm³/mol. The summed E-state index contributed by atoms with van der Waals surface area (Å²) < 4.78 is 52.9. The van der Waals surface area contributed by atoms with E-state index in [2.05, 4.69) is 15.5 Å². The third-order valence-electron chi connectivity index (χ3n) is 2.78. The lowest BCUT2D eigenvalue weighted by Gasteiger charge is -2.13. The summed E-state index contributed by atoms with van der Waals surface area (Å²) in [4.78, 5) is 0. The van der Waals surface area contributed by atoms with E-state index in [-0.39, 0.29) is 18.7 Å². The number of halogens is 4. The first-order valence-corrected chi connectivity index (χ1v) is 5.77. The van der Waals surface area contributed by atoms with Crippen molar-refractivity contribution < 1.29 is 17.6 Å². The van der Waals surface area contributed by atoms with Crippen molar-refractivity contribution in [2.45, 2.75) is 19.3 Å². The fraction of sp³-hybridized carbons (Fsp3) is 0.333. The summed E-state index contributed by atoms with van der Waals surface area (Å²) in [5.74, 6) is -0.310. The quantitative estimate of drug-likeness (QED) is 0.878. The van der Waals surface area contributed by atoms with Gasteiger partial charge in [0.15, 0.2) is 0 Å². The monoisotopic (exact) mass is 288 g/mol. The molecule has 0 atom stereocenters. The fourth-order valence-electron chi connectivity index (χ4n) is 1.74. The normalized spacial score (nSPS) is 11.8. The molecule has 8 heteroatoms. The Morgan fingerprint density at radius 3 is 2.60 bits per heavy atom. The van der Waals surface area contributed by atoms with E-state index >= 15 is 0 Å². The maximum absolute atomic E-state index is 12.9. The molecule has 0 radical (unpaired) electrons. The van der Waals surface area contributed by atoms with Crippen LogP contribution in [0.15, 0.2) is 24.5 Å². The third-order valence-corrected chi connectivity index (χ3v) is 2.78. The molecule has 0 aliphatic rings. The molecule has 0 amide bonds. The summed E-state index contributed by atoms with van der Waals surface area (Å²) in [5.41, 5.74) is -0.982. The molecule has 0 unspecified atom stereocenters. The molecule has 2 rings (SSSR count). The summed E-state index contributed by atoms with van der Waals surface area (Å²) in [6.07, 6.45) is -3.08. The number of benzene rings is 1.